The van der Waals surface area contributed by atoms with Crippen LogP contribution in [-0.2, 0) is 0 Å². The first kappa shape index (κ1) is 14.0. The lowest BCUT2D eigenvalue weighted by atomic mass is 10.2. The van der Waals surface area contributed by atoms with Crippen LogP contribution in [0.1, 0.15) is 6.92 Å². The molecule has 1 atom stereocenters. The number of nitrogens with zero attached hydrogens (tertiary/aromatic N) is 3. The standard InChI is InChI=1S/C13H15Br2N5/c1-8-7-20(5-4-16-8)13-17-12(18-19-13)10-3-2-9(14)6-11(10)15/h2-3,6,8,16H,4-5,7H2,1H3,(H,17,18,19). The lowest BCUT2D eigenvalue weighted by Gasteiger charge is -2.30. The van der Waals surface area contributed by atoms with E-state index >= 15 is 0 Å². The van der Waals surface area contributed by atoms with Crippen LogP contribution in [0.2, 0.25) is 0 Å². The van der Waals surface area contributed by atoms with Crippen molar-refractivity contribution in [2.24, 2.45) is 0 Å². The van der Waals surface area contributed by atoms with Gasteiger partial charge in [-0.2, -0.15) is 4.98 Å². The number of aromatic nitrogens is 3. The van der Waals surface area contributed by atoms with Gasteiger partial charge in [0.1, 0.15) is 0 Å². The molecular formula is C13H15Br2N5. The number of H-pyrrole nitrogens is 1. The van der Waals surface area contributed by atoms with E-state index in [0.717, 1.165) is 45.9 Å². The first-order chi connectivity index (χ1) is 9.63. The molecule has 0 amide bonds. The zero-order valence-electron chi connectivity index (χ0n) is 11.0. The van der Waals surface area contributed by atoms with Crippen molar-refractivity contribution in [3.8, 4) is 11.4 Å². The molecule has 0 aliphatic carbocycles. The summed E-state index contributed by atoms with van der Waals surface area (Å²) in [5, 5.41) is 10.8. The largest absolute Gasteiger partial charge is 0.337 e. The van der Waals surface area contributed by atoms with Gasteiger partial charge in [0.05, 0.1) is 0 Å². The molecule has 0 radical (unpaired) electrons. The van der Waals surface area contributed by atoms with Crippen LogP contribution in [0.3, 0.4) is 0 Å². The second-order valence-corrected chi connectivity index (χ2v) is 6.68. The van der Waals surface area contributed by atoms with Crippen LogP contribution in [0.4, 0.5) is 5.95 Å². The maximum atomic E-state index is 4.62. The Bertz CT molecular complexity index is 613. The number of anilines is 1. The molecule has 1 saturated heterocycles. The third kappa shape index (κ3) is 2.89. The van der Waals surface area contributed by atoms with Crippen LogP contribution in [0, 0.1) is 0 Å². The molecule has 2 heterocycles. The van der Waals surface area contributed by atoms with Gasteiger partial charge in [-0.3, -0.25) is 5.10 Å². The number of benzene rings is 1. The Morgan fingerprint density at radius 3 is 2.95 bits per heavy atom. The summed E-state index contributed by atoms with van der Waals surface area (Å²) in [5.74, 6) is 1.55. The molecule has 20 heavy (non-hydrogen) atoms. The summed E-state index contributed by atoms with van der Waals surface area (Å²) < 4.78 is 2.02. The van der Waals surface area contributed by atoms with Gasteiger partial charge < -0.3 is 10.2 Å². The fourth-order valence-corrected chi connectivity index (χ4v) is 3.55. The summed E-state index contributed by atoms with van der Waals surface area (Å²) in [6.45, 7) is 5.00. The van der Waals surface area contributed by atoms with E-state index in [1.54, 1.807) is 0 Å². The molecule has 0 spiro atoms. The van der Waals surface area contributed by atoms with Gasteiger partial charge in [-0.25, -0.2) is 0 Å². The Hall–Kier alpha value is -0.920. The molecule has 0 bridgehead atoms. The number of hydrogen-bond donors (Lipinski definition) is 2. The molecule has 1 fully saturated rings. The van der Waals surface area contributed by atoms with Crippen LogP contribution >= 0.6 is 31.9 Å². The number of nitrogens with one attached hydrogen (secondary N) is 2. The molecule has 1 aliphatic heterocycles. The maximum absolute atomic E-state index is 4.62. The summed E-state index contributed by atoms with van der Waals surface area (Å²) >= 11 is 7.01. The molecule has 7 heteroatoms. The molecular weight excluding hydrogens is 386 g/mol. The maximum Gasteiger partial charge on any atom is 0.245 e. The van der Waals surface area contributed by atoms with E-state index in [-0.39, 0.29) is 0 Å². The molecule has 2 N–H and O–H groups in total. The Balaban J connectivity index is 1.86. The van der Waals surface area contributed by atoms with Crippen LogP contribution in [0.25, 0.3) is 11.4 Å². The summed E-state index contributed by atoms with van der Waals surface area (Å²) in [7, 11) is 0. The second-order valence-electron chi connectivity index (χ2n) is 4.91. The fraction of sp³-hybridized carbons (Fsp3) is 0.385. The normalized spacial score (nSPS) is 19.4. The molecule has 3 rings (SSSR count). The van der Waals surface area contributed by atoms with Gasteiger partial charge in [-0.15, -0.1) is 5.10 Å². The summed E-state index contributed by atoms with van der Waals surface area (Å²) in [6.07, 6.45) is 0. The topological polar surface area (TPSA) is 56.8 Å². The Morgan fingerprint density at radius 1 is 1.35 bits per heavy atom. The molecule has 0 saturated carbocycles. The summed E-state index contributed by atoms with van der Waals surface area (Å²) in [6, 6.07) is 6.48. The summed E-state index contributed by atoms with van der Waals surface area (Å²) in [5.41, 5.74) is 1.01. The van der Waals surface area contributed by atoms with Crippen molar-refractivity contribution >= 4 is 37.8 Å². The smallest absolute Gasteiger partial charge is 0.245 e. The zero-order chi connectivity index (χ0) is 14.1. The summed E-state index contributed by atoms with van der Waals surface area (Å²) in [4.78, 5) is 6.82. The molecule has 1 aromatic carbocycles. The second kappa shape index (κ2) is 5.83. The van der Waals surface area contributed by atoms with E-state index < -0.39 is 0 Å². The predicted molar refractivity (Wildman–Crippen MR) is 86.9 cm³/mol. The number of piperazine rings is 1. The quantitative estimate of drug-likeness (QED) is 0.813. The molecule has 1 unspecified atom stereocenters. The number of hydrogen-bond acceptors (Lipinski definition) is 4. The minimum absolute atomic E-state index is 0.463. The van der Waals surface area contributed by atoms with Crippen molar-refractivity contribution in [1.82, 2.24) is 20.5 Å². The highest BCUT2D eigenvalue weighted by Gasteiger charge is 2.20. The zero-order valence-corrected chi connectivity index (χ0v) is 14.2. The van der Waals surface area contributed by atoms with Crippen molar-refractivity contribution in [2.45, 2.75) is 13.0 Å². The average molecular weight is 401 g/mol. The fourth-order valence-electron chi connectivity index (χ4n) is 2.31. The van der Waals surface area contributed by atoms with Gasteiger partial charge in [-0.05, 0) is 41.1 Å². The Kier molecular flexibility index (Phi) is 4.09. The van der Waals surface area contributed by atoms with Gasteiger partial charge in [0.25, 0.3) is 0 Å². The lowest BCUT2D eigenvalue weighted by molar-refractivity contribution is 0.480. The van der Waals surface area contributed by atoms with Crippen molar-refractivity contribution in [2.75, 3.05) is 24.5 Å². The van der Waals surface area contributed by atoms with E-state index in [2.05, 4.69) is 64.2 Å². The predicted octanol–water partition coefficient (Wildman–Crippen LogP) is 2.79. The van der Waals surface area contributed by atoms with Crippen molar-refractivity contribution in [1.29, 1.82) is 0 Å². The van der Waals surface area contributed by atoms with Gasteiger partial charge in [0, 0.05) is 40.2 Å². The Morgan fingerprint density at radius 2 is 2.20 bits per heavy atom. The number of aromatic amines is 1. The number of rotatable bonds is 2. The van der Waals surface area contributed by atoms with Gasteiger partial charge in [-0.1, -0.05) is 15.9 Å². The molecule has 1 aliphatic rings. The minimum Gasteiger partial charge on any atom is -0.337 e. The van der Waals surface area contributed by atoms with Crippen LogP contribution in [0.5, 0.6) is 0 Å². The van der Waals surface area contributed by atoms with Crippen LogP contribution in [0.15, 0.2) is 27.1 Å². The highest BCUT2D eigenvalue weighted by Crippen LogP contribution is 2.29. The third-order valence-electron chi connectivity index (χ3n) is 3.31. The third-order valence-corrected chi connectivity index (χ3v) is 4.46. The Labute approximate surface area is 134 Å². The van der Waals surface area contributed by atoms with Gasteiger partial charge in [0.15, 0.2) is 5.82 Å². The highest BCUT2D eigenvalue weighted by molar-refractivity contribution is 9.11. The molecule has 1 aromatic heterocycles. The first-order valence-electron chi connectivity index (χ1n) is 6.49. The first-order valence-corrected chi connectivity index (χ1v) is 8.08. The average Bonchev–Trinajstić information content (AvgIpc) is 2.88. The van der Waals surface area contributed by atoms with E-state index in [9.17, 15) is 0 Å². The van der Waals surface area contributed by atoms with E-state index in [4.69, 9.17) is 0 Å². The van der Waals surface area contributed by atoms with E-state index in [0.29, 0.717) is 6.04 Å². The van der Waals surface area contributed by atoms with E-state index in [1.807, 2.05) is 18.2 Å². The monoisotopic (exact) mass is 399 g/mol. The van der Waals surface area contributed by atoms with Crippen molar-refractivity contribution in [3.63, 3.8) is 0 Å². The lowest BCUT2D eigenvalue weighted by Crippen LogP contribution is -2.49. The van der Waals surface area contributed by atoms with E-state index in [1.165, 1.54) is 0 Å². The number of halogens is 2. The van der Waals surface area contributed by atoms with Crippen LogP contribution < -0.4 is 10.2 Å². The SMILES string of the molecule is CC1CN(c2n[nH]c(-c3ccc(Br)cc3Br)n2)CCN1. The van der Waals surface area contributed by atoms with Crippen molar-refractivity contribution < 1.29 is 0 Å². The van der Waals surface area contributed by atoms with Gasteiger partial charge >= 0.3 is 0 Å². The molecule has 106 valence electrons. The molecule has 2 aromatic rings. The van der Waals surface area contributed by atoms with Crippen molar-refractivity contribution in [3.05, 3.63) is 27.1 Å². The van der Waals surface area contributed by atoms with Gasteiger partial charge in [0.2, 0.25) is 5.95 Å². The van der Waals surface area contributed by atoms with Crippen LogP contribution in [-0.4, -0.2) is 40.9 Å². The molecule has 5 nitrogen and oxygen atoms in total. The highest BCUT2D eigenvalue weighted by atomic mass is 79.9. The minimum atomic E-state index is 0.463.